The molecule has 2 aromatic heterocycles. The number of aromatic nitrogens is 4. The SMILES string of the molecule is CCn1cnnc1SCC(=O)NNC(=O)Cc1nc(C)cs1. The van der Waals surface area contributed by atoms with Crippen molar-refractivity contribution in [3.8, 4) is 0 Å². The zero-order chi connectivity index (χ0) is 15.9. The van der Waals surface area contributed by atoms with Crippen LogP contribution in [-0.4, -0.2) is 37.3 Å². The number of nitrogens with one attached hydrogen (secondary N) is 2. The molecular formula is C12H16N6O2S2. The molecule has 0 aliphatic heterocycles. The van der Waals surface area contributed by atoms with E-state index in [2.05, 4.69) is 26.0 Å². The summed E-state index contributed by atoms with van der Waals surface area (Å²) in [6.07, 6.45) is 1.76. The summed E-state index contributed by atoms with van der Waals surface area (Å²) in [4.78, 5) is 27.5. The summed E-state index contributed by atoms with van der Waals surface area (Å²) in [6.45, 7) is 4.57. The fourth-order valence-corrected chi connectivity index (χ4v) is 3.09. The maximum absolute atomic E-state index is 11.7. The molecule has 2 rings (SSSR count). The number of hydrogen-bond acceptors (Lipinski definition) is 7. The molecule has 0 bridgehead atoms. The molecule has 2 heterocycles. The quantitative estimate of drug-likeness (QED) is 0.588. The Morgan fingerprint density at radius 3 is 2.82 bits per heavy atom. The molecule has 2 amide bonds. The van der Waals surface area contributed by atoms with Crippen molar-refractivity contribution >= 4 is 34.9 Å². The van der Waals surface area contributed by atoms with Gasteiger partial charge in [-0.05, 0) is 13.8 Å². The van der Waals surface area contributed by atoms with Gasteiger partial charge in [0.1, 0.15) is 11.3 Å². The number of amides is 2. The Bertz CT molecular complexity index is 654. The Balaban J connectivity index is 1.70. The normalized spacial score (nSPS) is 10.5. The molecule has 0 saturated heterocycles. The predicted molar refractivity (Wildman–Crippen MR) is 83.3 cm³/mol. The highest BCUT2D eigenvalue weighted by atomic mass is 32.2. The van der Waals surface area contributed by atoms with E-state index in [-0.39, 0.29) is 24.0 Å². The second-order valence-electron chi connectivity index (χ2n) is 4.34. The van der Waals surface area contributed by atoms with Gasteiger partial charge in [-0.15, -0.1) is 21.5 Å². The second-order valence-corrected chi connectivity index (χ2v) is 6.23. The molecule has 0 fully saturated rings. The van der Waals surface area contributed by atoms with Gasteiger partial charge in [-0.25, -0.2) is 4.98 Å². The number of thioether (sulfide) groups is 1. The maximum Gasteiger partial charge on any atom is 0.248 e. The van der Waals surface area contributed by atoms with Crippen LogP contribution in [0.4, 0.5) is 0 Å². The van der Waals surface area contributed by atoms with Crippen LogP contribution in [0.2, 0.25) is 0 Å². The van der Waals surface area contributed by atoms with Gasteiger partial charge < -0.3 is 4.57 Å². The lowest BCUT2D eigenvalue weighted by Crippen LogP contribution is -2.43. The minimum absolute atomic E-state index is 0.148. The van der Waals surface area contributed by atoms with Gasteiger partial charge in [0, 0.05) is 17.6 Å². The van der Waals surface area contributed by atoms with Crippen molar-refractivity contribution in [1.82, 2.24) is 30.6 Å². The second kappa shape index (κ2) is 7.90. The third-order valence-corrected chi connectivity index (χ3v) is 4.52. The molecule has 0 atom stereocenters. The molecule has 2 N–H and O–H groups in total. The van der Waals surface area contributed by atoms with Crippen LogP contribution < -0.4 is 10.9 Å². The van der Waals surface area contributed by atoms with Gasteiger partial charge in [0.15, 0.2) is 5.16 Å². The minimum Gasteiger partial charge on any atom is -0.309 e. The summed E-state index contributed by atoms with van der Waals surface area (Å²) in [7, 11) is 0. The van der Waals surface area contributed by atoms with E-state index in [0.29, 0.717) is 5.16 Å². The standard InChI is InChI=1S/C12H16N6O2S2/c1-3-18-7-13-17-12(18)22-6-10(20)16-15-9(19)4-11-14-8(2)5-21-11/h5,7H,3-4,6H2,1-2H3,(H,15,19)(H,16,20). The summed E-state index contributed by atoms with van der Waals surface area (Å²) in [5.41, 5.74) is 5.62. The van der Waals surface area contributed by atoms with E-state index in [0.717, 1.165) is 17.2 Å². The van der Waals surface area contributed by atoms with E-state index in [1.807, 2.05) is 23.8 Å². The largest absolute Gasteiger partial charge is 0.309 e. The minimum atomic E-state index is -0.306. The molecule has 22 heavy (non-hydrogen) atoms. The molecule has 8 nitrogen and oxygen atoms in total. The van der Waals surface area contributed by atoms with Gasteiger partial charge >= 0.3 is 0 Å². The first-order valence-electron chi connectivity index (χ1n) is 6.57. The Kier molecular flexibility index (Phi) is 5.90. The van der Waals surface area contributed by atoms with Crippen LogP contribution in [0.15, 0.2) is 16.9 Å². The number of hydrogen-bond donors (Lipinski definition) is 2. The number of hydrazine groups is 1. The molecule has 0 spiro atoms. The van der Waals surface area contributed by atoms with Gasteiger partial charge in [0.25, 0.3) is 0 Å². The van der Waals surface area contributed by atoms with E-state index >= 15 is 0 Å². The molecule has 118 valence electrons. The highest BCUT2D eigenvalue weighted by Gasteiger charge is 2.10. The molecule has 2 aromatic rings. The van der Waals surface area contributed by atoms with Crippen molar-refractivity contribution in [3.05, 3.63) is 22.4 Å². The maximum atomic E-state index is 11.7. The van der Waals surface area contributed by atoms with Gasteiger partial charge in [-0.3, -0.25) is 20.4 Å². The summed E-state index contributed by atoms with van der Waals surface area (Å²) in [6, 6.07) is 0. The number of rotatable bonds is 6. The van der Waals surface area contributed by atoms with Crippen molar-refractivity contribution in [2.24, 2.45) is 0 Å². The highest BCUT2D eigenvalue weighted by Crippen LogP contribution is 2.13. The fourth-order valence-electron chi connectivity index (χ4n) is 1.54. The van der Waals surface area contributed by atoms with Crippen molar-refractivity contribution in [3.63, 3.8) is 0 Å². The van der Waals surface area contributed by atoms with Crippen LogP contribution in [0.5, 0.6) is 0 Å². The van der Waals surface area contributed by atoms with Crippen molar-refractivity contribution in [2.75, 3.05) is 5.75 Å². The first-order valence-corrected chi connectivity index (χ1v) is 8.44. The van der Waals surface area contributed by atoms with E-state index in [9.17, 15) is 9.59 Å². The van der Waals surface area contributed by atoms with Crippen LogP contribution in [0.25, 0.3) is 0 Å². The third-order valence-electron chi connectivity index (χ3n) is 2.57. The topological polar surface area (TPSA) is 102 Å². The zero-order valence-corrected chi connectivity index (χ0v) is 13.8. The lowest BCUT2D eigenvalue weighted by molar-refractivity contribution is -0.127. The van der Waals surface area contributed by atoms with E-state index in [1.54, 1.807) is 6.33 Å². The summed E-state index contributed by atoms with van der Waals surface area (Å²) in [5, 5.41) is 11.0. The summed E-state index contributed by atoms with van der Waals surface area (Å²) >= 11 is 2.68. The van der Waals surface area contributed by atoms with Crippen LogP contribution in [0.3, 0.4) is 0 Å². The number of thiazole rings is 1. The first-order chi connectivity index (χ1) is 10.6. The number of carbonyl (C=O) groups excluding carboxylic acids is 2. The smallest absolute Gasteiger partial charge is 0.248 e. The monoisotopic (exact) mass is 340 g/mol. The van der Waals surface area contributed by atoms with Crippen molar-refractivity contribution in [1.29, 1.82) is 0 Å². The van der Waals surface area contributed by atoms with Crippen LogP contribution in [-0.2, 0) is 22.6 Å². The Morgan fingerprint density at radius 1 is 1.36 bits per heavy atom. The van der Waals surface area contributed by atoms with Crippen LogP contribution in [0, 0.1) is 6.92 Å². The van der Waals surface area contributed by atoms with Crippen LogP contribution in [0.1, 0.15) is 17.6 Å². The zero-order valence-electron chi connectivity index (χ0n) is 12.2. The molecule has 0 unspecified atom stereocenters. The fraction of sp³-hybridized carbons (Fsp3) is 0.417. The third kappa shape index (κ3) is 4.81. The van der Waals surface area contributed by atoms with E-state index in [4.69, 9.17) is 0 Å². The van der Waals surface area contributed by atoms with Crippen molar-refractivity contribution in [2.45, 2.75) is 32.0 Å². The molecular weight excluding hydrogens is 324 g/mol. The highest BCUT2D eigenvalue weighted by molar-refractivity contribution is 7.99. The Labute approximate surface area is 135 Å². The lowest BCUT2D eigenvalue weighted by Gasteiger charge is -2.06. The molecule has 0 aliphatic rings. The average molecular weight is 340 g/mol. The van der Waals surface area contributed by atoms with Gasteiger partial charge in [0.05, 0.1) is 12.2 Å². The average Bonchev–Trinajstić information content (AvgIpc) is 3.11. The summed E-state index contributed by atoms with van der Waals surface area (Å²) < 4.78 is 1.83. The van der Waals surface area contributed by atoms with Crippen LogP contribution >= 0.6 is 23.1 Å². The first kappa shape index (κ1) is 16.4. The molecule has 0 saturated carbocycles. The number of nitrogens with zero attached hydrogens (tertiary/aromatic N) is 4. The predicted octanol–water partition coefficient (Wildman–Crippen LogP) is 0.545. The van der Waals surface area contributed by atoms with Gasteiger partial charge in [-0.2, -0.15) is 0 Å². The molecule has 0 aliphatic carbocycles. The van der Waals surface area contributed by atoms with Gasteiger partial charge in [0.2, 0.25) is 11.8 Å². The Morgan fingerprint density at radius 2 is 2.14 bits per heavy atom. The lowest BCUT2D eigenvalue weighted by atomic mass is 10.4. The summed E-state index contributed by atoms with van der Waals surface area (Å²) in [5.74, 6) is -0.459. The van der Waals surface area contributed by atoms with E-state index in [1.165, 1.54) is 23.1 Å². The number of aryl methyl sites for hydroxylation is 2. The van der Waals surface area contributed by atoms with Gasteiger partial charge in [-0.1, -0.05) is 11.8 Å². The molecule has 0 radical (unpaired) electrons. The molecule has 0 aromatic carbocycles. The van der Waals surface area contributed by atoms with E-state index < -0.39 is 0 Å². The Hall–Kier alpha value is -1.94. The van der Waals surface area contributed by atoms with Crippen molar-refractivity contribution < 1.29 is 9.59 Å². The molecule has 10 heteroatoms. The number of carbonyl (C=O) groups is 2.